The fourth-order valence-electron chi connectivity index (χ4n) is 4.67. The summed E-state index contributed by atoms with van der Waals surface area (Å²) in [5, 5.41) is 3.28. The minimum Gasteiger partial charge on any atom is -0.497 e. The number of hydrogen-bond donors (Lipinski definition) is 2. The number of carbonyl (C=O) groups is 1. The molecule has 1 aromatic heterocycles. The number of nitrogens with one attached hydrogen (secondary N) is 2. The van der Waals surface area contributed by atoms with Gasteiger partial charge in [0.15, 0.2) is 5.78 Å². The SMILES string of the molecule is COCCCn1c2c(c(=O)[nH]c1=O)C(c1ccc(OC)cc1)C1=C(N2)c2ccccc2C1=O. The molecule has 2 N–H and O–H groups in total. The Morgan fingerprint density at radius 2 is 1.70 bits per heavy atom. The van der Waals surface area contributed by atoms with Crippen LogP contribution in [0, 0.1) is 0 Å². The number of allylic oxidation sites excluding steroid dienone is 1. The Morgan fingerprint density at radius 3 is 2.39 bits per heavy atom. The summed E-state index contributed by atoms with van der Waals surface area (Å²) in [4.78, 5) is 41.9. The number of Topliss-reactive ketones (excluding diaryl/α,β-unsaturated/α-hetero) is 1. The zero-order chi connectivity index (χ0) is 23.1. The van der Waals surface area contributed by atoms with E-state index in [0.29, 0.717) is 53.5 Å². The van der Waals surface area contributed by atoms with Crippen molar-refractivity contribution in [2.45, 2.75) is 18.9 Å². The average molecular weight is 445 g/mol. The van der Waals surface area contributed by atoms with Crippen molar-refractivity contribution in [2.24, 2.45) is 0 Å². The fourth-order valence-corrected chi connectivity index (χ4v) is 4.67. The molecule has 0 spiro atoms. The molecule has 33 heavy (non-hydrogen) atoms. The maximum absolute atomic E-state index is 13.5. The minimum absolute atomic E-state index is 0.129. The van der Waals surface area contributed by atoms with Crippen LogP contribution in [0.5, 0.6) is 5.75 Å². The lowest BCUT2D eigenvalue weighted by Gasteiger charge is -2.29. The van der Waals surface area contributed by atoms with Crippen LogP contribution in [0.2, 0.25) is 0 Å². The van der Waals surface area contributed by atoms with Crippen LogP contribution in [0.4, 0.5) is 5.82 Å². The number of aromatic amines is 1. The highest BCUT2D eigenvalue weighted by molar-refractivity contribution is 6.23. The Balaban J connectivity index is 1.77. The molecule has 1 aliphatic carbocycles. The highest BCUT2D eigenvalue weighted by atomic mass is 16.5. The molecule has 1 aliphatic heterocycles. The Labute approximate surface area is 189 Å². The first-order chi connectivity index (χ1) is 16.0. The second-order valence-electron chi connectivity index (χ2n) is 8.01. The number of ketones is 1. The number of fused-ring (bicyclic) bond motifs is 3. The van der Waals surface area contributed by atoms with E-state index in [9.17, 15) is 14.4 Å². The Kier molecular flexibility index (Phi) is 5.22. The summed E-state index contributed by atoms with van der Waals surface area (Å²) in [6, 6.07) is 14.6. The van der Waals surface area contributed by atoms with Crippen LogP contribution in [0.1, 0.15) is 39.4 Å². The van der Waals surface area contributed by atoms with Gasteiger partial charge in [0.2, 0.25) is 0 Å². The second kappa shape index (κ2) is 8.22. The summed E-state index contributed by atoms with van der Waals surface area (Å²) in [6.45, 7) is 0.823. The van der Waals surface area contributed by atoms with Crippen LogP contribution in [-0.4, -0.2) is 36.2 Å². The molecule has 0 amide bonds. The summed E-state index contributed by atoms with van der Waals surface area (Å²) >= 11 is 0. The maximum atomic E-state index is 13.5. The van der Waals surface area contributed by atoms with Gasteiger partial charge in [-0.15, -0.1) is 0 Å². The number of hydrogen-bond acceptors (Lipinski definition) is 6. The molecule has 0 bridgehead atoms. The second-order valence-corrected chi connectivity index (χ2v) is 8.01. The van der Waals surface area contributed by atoms with E-state index in [4.69, 9.17) is 9.47 Å². The molecule has 0 radical (unpaired) electrons. The maximum Gasteiger partial charge on any atom is 0.329 e. The third-order valence-corrected chi connectivity index (χ3v) is 6.19. The molecular formula is C25H23N3O5. The zero-order valence-corrected chi connectivity index (χ0v) is 18.3. The molecule has 8 nitrogen and oxygen atoms in total. The van der Waals surface area contributed by atoms with Crippen molar-refractivity contribution in [1.29, 1.82) is 0 Å². The standard InChI is InChI=1S/C25H23N3O5/c1-32-13-5-12-28-23-20(24(30)27-25(28)31)18(14-8-10-15(33-2)11-9-14)19-21(26-23)16-6-3-4-7-17(16)22(19)29/h3-4,6-11,18,26H,5,12-13H2,1-2H3,(H,27,30,31). The van der Waals surface area contributed by atoms with Gasteiger partial charge in [-0.2, -0.15) is 0 Å². The summed E-state index contributed by atoms with van der Waals surface area (Å²) in [7, 11) is 3.18. The first kappa shape index (κ1) is 21.0. The molecule has 2 aliphatic rings. The van der Waals surface area contributed by atoms with E-state index in [2.05, 4.69) is 10.3 Å². The number of ether oxygens (including phenoxy) is 2. The monoisotopic (exact) mass is 445 g/mol. The van der Waals surface area contributed by atoms with Gasteiger partial charge in [0.1, 0.15) is 11.6 Å². The van der Waals surface area contributed by atoms with Crippen molar-refractivity contribution >= 4 is 17.3 Å². The fraction of sp³-hybridized carbons (Fsp3) is 0.240. The van der Waals surface area contributed by atoms with E-state index in [-0.39, 0.29) is 5.78 Å². The van der Waals surface area contributed by atoms with Gasteiger partial charge in [-0.3, -0.25) is 19.1 Å². The lowest BCUT2D eigenvalue weighted by Crippen LogP contribution is -2.38. The zero-order valence-electron chi connectivity index (χ0n) is 18.3. The van der Waals surface area contributed by atoms with Gasteiger partial charge in [-0.25, -0.2) is 4.79 Å². The number of methoxy groups -OCH3 is 2. The average Bonchev–Trinajstić information content (AvgIpc) is 3.12. The smallest absolute Gasteiger partial charge is 0.329 e. The predicted octanol–water partition coefficient (Wildman–Crippen LogP) is 2.75. The molecule has 0 saturated heterocycles. The lowest BCUT2D eigenvalue weighted by molar-refractivity contribution is 0.103. The molecular weight excluding hydrogens is 422 g/mol. The van der Waals surface area contributed by atoms with Crippen molar-refractivity contribution in [2.75, 3.05) is 26.1 Å². The third-order valence-electron chi connectivity index (χ3n) is 6.19. The molecule has 0 saturated carbocycles. The largest absolute Gasteiger partial charge is 0.497 e. The van der Waals surface area contributed by atoms with Crippen LogP contribution < -0.4 is 21.3 Å². The molecule has 0 fully saturated rings. The van der Waals surface area contributed by atoms with Crippen molar-refractivity contribution < 1.29 is 14.3 Å². The van der Waals surface area contributed by atoms with Crippen molar-refractivity contribution in [3.63, 3.8) is 0 Å². The van der Waals surface area contributed by atoms with Crippen LogP contribution in [0.25, 0.3) is 5.70 Å². The topological polar surface area (TPSA) is 102 Å². The molecule has 168 valence electrons. The van der Waals surface area contributed by atoms with Crippen molar-refractivity contribution in [3.8, 4) is 5.75 Å². The molecule has 5 rings (SSSR count). The van der Waals surface area contributed by atoms with Gasteiger partial charge in [0, 0.05) is 42.9 Å². The van der Waals surface area contributed by atoms with Gasteiger partial charge in [-0.1, -0.05) is 36.4 Å². The van der Waals surface area contributed by atoms with Crippen LogP contribution in [0.3, 0.4) is 0 Å². The van der Waals surface area contributed by atoms with E-state index in [0.717, 1.165) is 11.1 Å². The van der Waals surface area contributed by atoms with Gasteiger partial charge in [-0.05, 0) is 24.1 Å². The summed E-state index contributed by atoms with van der Waals surface area (Å²) in [5.74, 6) is 0.307. The number of nitrogens with zero attached hydrogens (tertiary/aromatic N) is 1. The first-order valence-electron chi connectivity index (χ1n) is 10.7. The van der Waals surface area contributed by atoms with Gasteiger partial charge >= 0.3 is 5.69 Å². The number of benzene rings is 2. The first-order valence-corrected chi connectivity index (χ1v) is 10.7. The normalized spacial score (nSPS) is 16.2. The molecule has 8 heteroatoms. The summed E-state index contributed by atoms with van der Waals surface area (Å²) in [6.07, 6.45) is 0.588. The third kappa shape index (κ3) is 3.30. The minimum atomic E-state index is -0.639. The van der Waals surface area contributed by atoms with Crippen LogP contribution in [-0.2, 0) is 11.3 Å². The highest BCUT2D eigenvalue weighted by Crippen LogP contribution is 2.47. The van der Waals surface area contributed by atoms with Crippen LogP contribution in [0.15, 0.2) is 63.7 Å². The van der Waals surface area contributed by atoms with E-state index < -0.39 is 17.2 Å². The number of aromatic nitrogens is 2. The van der Waals surface area contributed by atoms with E-state index >= 15 is 0 Å². The van der Waals surface area contributed by atoms with Crippen molar-refractivity contribution in [3.05, 3.63) is 97.2 Å². The molecule has 2 aromatic carbocycles. The van der Waals surface area contributed by atoms with E-state index in [1.165, 1.54) is 4.57 Å². The van der Waals surface area contributed by atoms with Crippen LogP contribution >= 0.6 is 0 Å². The Hall–Kier alpha value is -3.91. The Bertz CT molecular complexity index is 1400. The molecule has 1 unspecified atom stereocenters. The highest BCUT2D eigenvalue weighted by Gasteiger charge is 2.42. The molecule has 3 aromatic rings. The number of H-pyrrole nitrogens is 1. The summed E-state index contributed by atoms with van der Waals surface area (Å²) in [5.41, 5.74) is 2.57. The quantitative estimate of drug-likeness (QED) is 0.566. The number of anilines is 1. The Morgan fingerprint density at radius 1 is 0.970 bits per heavy atom. The van der Waals surface area contributed by atoms with E-state index in [1.807, 2.05) is 30.3 Å². The van der Waals surface area contributed by atoms with E-state index in [1.54, 1.807) is 32.4 Å². The van der Waals surface area contributed by atoms with Gasteiger partial charge in [0.25, 0.3) is 5.56 Å². The van der Waals surface area contributed by atoms with Crippen molar-refractivity contribution in [1.82, 2.24) is 9.55 Å². The molecule has 2 heterocycles. The lowest BCUT2D eigenvalue weighted by atomic mass is 9.81. The van der Waals surface area contributed by atoms with Gasteiger partial charge in [0.05, 0.1) is 18.4 Å². The van der Waals surface area contributed by atoms with Gasteiger partial charge < -0.3 is 14.8 Å². The summed E-state index contributed by atoms with van der Waals surface area (Å²) < 4.78 is 11.9. The molecule has 1 atom stereocenters. The number of rotatable bonds is 6. The number of carbonyl (C=O) groups excluding carboxylic acids is 1. The predicted molar refractivity (Wildman–Crippen MR) is 124 cm³/mol.